The summed E-state index contributed by atoms with van der Waals surface area (Å²) in [5.41, 5.74) is 4.55. The Kier molecular flexibility index (Phi) is 6.25. The molecular formula is C26H29N3O5S. The lowest BCUT2D eigenvalue weighted by molar-refractivity contribution is -0.136. The van der Waals surface area contributed by atoms with Crippen molar-refractivity contribution in [1.82, 2.24) is 14.8 Å². The van der Waals surface area contributed by atoms with Gasteiger partial charge >= 0.3 is 0 Å². The molecule has 35 heavy (non-hydrogen) atoms. The lowest BCUT2D eigenvalue weighted by Crippen LogP contribution is -2.50. The van der Waals surface area contributed by atoms with Gasteiger partial charge in [0.1, 0.15) is 12.4 Å². The van der Waals surface area contributed by atoms with Gasteiger partial charge in [-0.25, -0.2) is 13.9 Å². The van der Waals surface area contributed by atoms with Gasteiger partial charge in [-0.2, -0.15) is 4.31 Å². The maximum Gasteiger partial charge on any atom is 0.248 e. The minimum absolute atomic E-state index is 0.0958. The average Bonchev–Trinajstić information content (AvgIpc) is 3.48. The summed E-state index contributed by atoms with van der Waals surface area (Å²) >= 11 is 0. The molecule has 5 rings (SSSR count). The third-order valence-corrected chi connectivity index (χ3v) is 9.40. The van der Waals surface area contributed by atoms with Crippen LogP contribution in [0.1, 0.15) is 30.5 Å². The lowest BCUT2D eigenvalue weighted by atomic mass is 9.84. The largest absolute Gasteiger partial charge is 0.489 e. The number of aromatic nitrogens is 1. The predicted molar refractivity (Wildman–Crippen MR) is 130 cm³/mol. The Hall–Kier alpha value is -3.01. The van der Waals surface area contributed by atoms with Gasteiger partial charge in [-0.1, -0.05) is 18.2 Å². The number of amides is 1. The first-order valence-corrected chi connectivity index (χ1v) is 13.2. The van der Waals surface area contributed by atoms with Crippen molar-refractivity contribution in [3.05, 3.63) is 65.9 Å². The van der Waals surface area contributed by atoms with Crippen molar-refractivity contribution in [2.75, 3.05) is 7.05 Å². The Morgan fingerprint density at radius 3 is 2.60 bits per heavy atom. The van der Waals surface area contributed by atoms with Crippen molar-refractivity contribution in [3.63, 3.8) is 0 Å². The van der Waals surface area contributed by atoms with Crippen LogP contribution in [-0.4, -0.2) is 41.9 Å². The second kappa shape index (κ2) is 9.22. The zero-order valence-electron chi connectivity index (χ0n) is 19.7. The van der Waals surface area contributed by atoms with Crippen LogP contribution in [0.2, 0.25) is 0 Å². The minimum Gasteiger partial charge on any atom is -0.489 e. The van der Waals surface area contributed by atoms with Gasteiger partial charge in [0.2, 0.25) is 15.9 Å². The number of carbonyl (C=O) groups is 1. The first-order chi connectivity index (χ1) is 16.8. The molecule has 2 bridgehead atoms. The molecule has 2 aliphatic rings. The van der Waals surface area contributed by atoms with E-state index in [9.17, 15) is 18.4 Å². The molecule has 1 aromatic heterocycles. The number of pyridine rings is 1. The normalized spacial score (nSPS) is 23.7. The summed E-state index contributed by atoms with van der Waals surface area (Å²) in [5.74, 6) is -0.281. The zero-order valence-corrected chi connectivity index (χ0v) is 20.5. The van der Waals surface area contributed by atoms with Gasteiger partial charge in [-0.05, 0) is 74.4 Å². The van der Waals surface area contributed by atoms with E-state index in [1.807, 2.05) is 37.3 Å². The summed E-state index contributed by atoms with van der Waals surface area (Å²) in [7, 11) is -2.30. The van der Waals surface area contributed by atoms with Crippen molar-refractivity contribution < 1.29 is 23.2 Å². The molecule has 3 aromatic rings. The molecular weight excluding hydrogens is 466 g/mol. The van der Waals surface area contributed by atoms with E-state index >= 15 is 0 Å². The van der Waals surface area contributed by atoms with Gasteiger partial charge in [-0.3, -0.25) is 15.0 Å². The van der Waals surface area contributed by atoms with Crippen LogP contribution in [0, 0.1) is 24.7 Å². The summed E-state index contributed by atoms with van der Waals surface area (Å²) < 4.78 is 34.1. The number of aryl methyl sites for hydroxylation is 1. The van der Waals surface area contributed by atoms with Crippen molar-refractivity contribution in [2.45, 2.75) is 43.7 Å². The molecule has 1 amide bonds. The Labute approximate surface area is 204 Å². The summed E-state index contributed by atoms with van der Waals surface area (Å²) in [5, 5.41) is 10.2. The van der Waals surface area contributed by atoms with E-state index in [2.05, 4.69) is 4.98 Å². The lowest BCUT2D eigenvalue weighted by Gasteiger charge is -2.35. The van der Waals surface area contributed by atoms with Crippen LogP contribution in [-0.2, 0) is 21.4 Å². The zero-order chi connectivity index (χ0) is 24.7. The van der Waals surface area contributed by atoms with Crippen molar-refractivity contribution >= 4 is 26.8 Å². The van der Waals surface area contributed by atoms with E-state index in [4.69, 9.17) is 4.74 Å². The molecule has 184 valence electrons. The van der Waals surface area contributed by atoms with E-state index in [0.717, 1.165) is 41.4 Å². The summed E-state index contributed by atoms with van der Waals surface area (Å²) in [6, 6.07) is 15.8. The molecule has 4 atom stereocenters. The van der Waals surface area contributed by atoms with Gasteiger partial charge in [0, 0.05) is 29.7 Å². The van der Waals surface area contributed by atoms with E-state index < -0.39 is 27.9 Å². The molecule has 2 unspecified atom stereocenters. The fourth-order valence-corrected chi connectivity index (χ4v) is 7.37. The Morgan fingerprint density at radius 1 is 1.14 bits per heavy atom. The molecule has 2 aliphatic carbocycles. The van der Waals surface area contributed by atoms with Crippen LogP contribution < -0.4 is 10.2 Å². The van der Waals surface area contributed by atoms with Crippen LogP contribution in [0.4, 0.5) is 0 Å². The highest BCUT2D eigenvalue weighted by Gasteiger charge is 2.54. The molecule has 2 fully saturated rings. The molecule has 0 radical (unpaired) electrons. The van der Waals surface area contributed by atoms with Crippen LogP contribution in [0.3, 0.4) is 0 Å². The smallest absolute Gasteiger partial charge is 0.248 e. The molecule has 0 aliphatic heterocycles. The Bertz CT molecular complexity index is 1360. The number of ether oxygens (including phenoxy) is 1. The van der Waals surface area contributed by atoms with Gasteiger partial charge in [0.25, 0.3) is 0 Å². The number of rotatable bonds is 7. The van der Waals surface area contributed by atoms with Crippen molar-refractivity contribution in [3.8, 4) is 5.75 Å². The third kappa shape index (κ3) is 4.28. The van der Waals surface area contributed by atoms with E-state index in [0.29, 0.717) is 12.4 Å². The average molecular weight is 496 g/mol. The van der Waals surface area contributed by atoms with Gasteiger partial charge in [0.15, 0.2) is 0 Å². The first-order valence-electron chi connectivity index (χ1n) is 11.8. The molecule has 0 saturated heterocycles. The number of nitrogens with one attached hydrogen (secondary N) is 1. The minimum atomic E-state index is -3.83. The first kappa shape index (κ1) is 23.7. The van der Waals surface area contributed by atoms with Crippen LogP contribution in [0.15, 0.2) is 59.5 Å². The maximum absolute atomic E-state index is 13.4. The highest BCUT2D eigenvalue weighted by Crippen LogP contribution is 2.51. The highest BCUT2D eigenvalue weighted by molar-refractivity contribution is 7.89. The molecule has 2 aromatic carbocycles. The summed E-state index contributed by atoms with van der Waals surface area (Å²) in [6.07, 6.45) is 2.57. The van der Waals surface area contributed by atoms with E-state index in [1.54, 1.807) is 17.6 Å². The molecule has 1 heterocycles. The number of hydrogen-bond acceptors (Lipinski definition) is 6. The van der Waals surface area contributed by atoms with Gasteiger partial charge in [0.05, 0.1) is 16.3 Å². The number of hydroxylamine groups is 1. The van der Waals surface area contributed by atoms with Crippen molar-refractivity contribution in [2.24, 2.45) is 17.8 Å². The topological polar surface area (TPSA) is 109 Å². The van der Waals surface area contributed by atoms with Crippen molar-refractivity contribution in [1.29, 1.82) is 0 Å². The second-order valence-electron chi connectivity index (χ2n) is 9.55. The molecule has 2 saturated carbocycles. The molecule has 2 N–H and O–H groups in total. The number of hydrogen-bond donors (Lipinski definition) is 2. The molecule has 9 heteroatoms. The Morgan fingerprint density at radius 2 is 1.86 bits per heavy atom. The van der Waals surface area contributed by atoms with Gasteiger partial charge < -0.3 is 4.74 Å². The summed E-state index contributed by atoms with van der Waals surface area (Å²) in [4.78, 5) is 17.0. The standard InChI is InChI=1S/C26H29N3O5S/c1-16-13-19(22-5-3-4-6-23(22)27-16)15-34-20-9-11-21(12-10-20)35(32,33)29(2)25-18-8-7-17(14-18)24(25)26(30)28-31/h3-6,9-13,17-18,24-25,31H,7-8,14-15H2,1-2H3,(H,28,30)/t17?,18?,24-,25+/m0/s1. The fraction of sp³-hybridized carbons (Fsp3) is 0.385. The number of nitrogens with zero attached hydrogens (tertiary/aromatic N) is 2. The van der Waals surface area contributed by atoms with Crippen LogP contribution in [0.5, 0.6) is 5.75 Å². The SMILES string of the molecule is Cc1cc(COc2ccc(S(=O)(=O)N(C)[C@@H]3C4CCC(C4)[C@@H]3C(=O)NO)cc2)c2ccccc2n1. The van der Waals surface area contributed by atoms with E-state index in [1.165, 1.54) is 23.5 Å². The third-order valence-electron chi connectivity index (χ3n) is 7.53. The predicted octanol–water partition coefficient (Wildman–Crippen LogP) is 3.66. The second-order valence-corrected chi connectivity index (χ2v) is 11.5. The number of sulfonamides is 1. The highest BCUT2D eigenvalue weighted by atomic mass is 32.2. The fourth-order valence-electron chi connectivity index (χ4n) is 5.94. The maximum atomic E-state index is 13.4. The summed E-state index contributed by atoms with van der Waals surface area (Å²) in [6.45, 7) is 2.27. The monoisotopic (exact) mass is 495 g/mol. The molecule has 0 spiro atoms. The number of para-hydroxylation sites is 1. The number of benzene rings is 2. The van der Waals surface area contributed by atoms with E-state index in [-0.39, 0.29) is 16.7 Å². The van der Waals surface area contributed by atoms with Crippen LogP contribution in [0.25, 0.3) is 10.9 Å². The molecule has 8 nitrogen and oxygen atoms in total. The van der Waals surface area contributed by atoms with Crippen LogP contribution >= 0.6 is 0 Å². The van der Waals surface area contributed by atoms with Gasteiger partial charge in [-0.15, -0.1) is 0 Å². The quantitative estimate of drug-likeness (QED) is 0.383. The Balaban J connectivity index is 1.33. The number of carbonyl (C=O) groups excluding carboxylic acids is 1. The number of fused-ring (bicyclic) bond motifs is 3.